The van der Waals surface area contributed by atoms with Crippen LogP contribution in [0.25, 0.3) is 10.9 Å². The fourth-order valence-corrected chi connectivity index (χ4v) is 1.04. The minimum Gasteiger partial charge on any atom is -0.283 e. The number of nitrogens with one attached hydrogen (secondary N) is 1. The lowest BCUT2D eigenvalue weighted by Crippen LogP contribution is -1.78. The molecule has 53 valence electrons. The number of aromatic nitrogens is 2. The van der Waals surface area contributed by atoms with E-state index in [1.165, 1.54) is 0 Å². The number of hydrogen-bond acceptors (Lipinski definition) is 2. The van der Waals surface area contributed by atoms with Crippen molar-refractivity contribution in [3.8, 4) is 0 Å². The summed E-state index contributed by atoms with van der Waals surface area (Å²) in [6.45, 7) is 0. The summed E-state index contributed by atoms with van der Waals surface area (Å²) in [6.07, 6.45) is 1.76. The first-order chi connectivity index (χ1) is 5.42. The highest BCUT2D eigenvalue weighted by Gasteiger charge is 2.01. The van der Waals surface area contributed by atoms with Gasteiger partial charge in [-0.15, -0.1) is 0 Å². The zero-order valence-corrected chi connectivity index (χ0v) is 5.66. The SMILES string of the molecule is O=[C]c1n[nH]c2ccccc12. The van der Waals surface area contributed by atoms with Crippen molar-refractivity contribution in [3.63, 3.8) is 0 Å². The van der Waals surface area contributed by atoms with E-state index in [-0.39, 0.29) is 0 Å². The molecule has 1 aromatic heterocycles. The van der Waals surface area contributed by atoms with Gasteiger partial charge in [0.15, 0.2) is 0 Å². The van der Waals surface area contributed by atoms with Crippen LogP contribution in [-0.2, 0) is 4.79 Å². The largest absolute Gasteiger partial charge is 0.283 e. The average Bonchev–Trinajstić information content (AvgIpc) is 2.47. The third-order valence-corrected chi connectivity index (χ3v) is 1.57. The second-order valence-corrected chi connectivity index (χ2v) is 2.22. The van der Waals surface area contributed by atoms with Crippen molar-refractivity contribution < 1.29 is 4.79 Å². The molecule has 1 heterocycles. The van der Waals surface area contributed by atoms with E-state index < -0.39 is 0 Å². The Bertz CT molecular complexity index is 392. The Kier molecular flexibility index (Phi) is 1.22. The van der Waals surface area contributed by atoms with Crippen molar-refractivity contribution in [1.29, 1.82) is 0 Å². The Balaban J connectivity index is 2.86. The van der Waals surface area contributed by atoms with Crippen molar-refractivity contribution >= 4 is 17.2 Å². The summed E-state index contributed by atoms with van der Waals surface area (Å²) in [5.41, 5.74) is 1.21. The predicted octanol–water partition coefficient (Wildman–Crippen LogP) is 1.02. The van der Waals surface area contributed by atoms with Crippen molar-refractivity contribution in [2.75, 3.05) is 0 Å². The van der Waals surface area contributed by atoms with Crippen molar-refractivity contribution in [2.24, 2.45) is 0 Å². The highest BCUT2D eigenvalue weighted by atomic mass is 16.1. The molecule has 1 N–H and O–H groups in total. The summed E-state index contributed by atoms with van der Waals surface area (Å²) in [4.78, 5) is 10.3. The molecule has 3 nitrogen and oxygen atoms in total. The number of benzene rings is 1. The van der Waals surface area contributed by atoms with Gasteiger partial charge in [-0.1, -0.05) is 18.2 Å². The molecule has 11 heavy (non-hydrogen) atoms. The molecule has 0 aliphatic carbocycles. The molecule has 3 heteroatoms. The number of nitrogens with zero attached hydrogens (tertiary/aromatic N) is 1. The quantitative estimate of drug-likeness (QED) is 0.651. The standard InChI is InChI=1S/C8H5N2O/c11-5-8-6-3-1-2-4-7(6)9-10-8/h1-4H,(H,9,10). The predicted molar refractivity (Wildman–Crippen MR) is 40.9 cm³/mol. The van der Waals surface area contributed by atoms with Crippen LogP contribution in [0.1, 0.15) is 5.69 Å². The van der Waals surface area contributed by atoms with Crippen LogP contribution < -0.4 is 0 Å². The molecule has 2 aromatic rings. The van der Waals surface area contributed by atoms with Gasteiger partial charge in [0, 0.05) is 5.39 Å². The van der Waals surface area contributed by atoms with Crippen LogP contribution in [0, 0.1) is 0 Å². The van der Waals surface area contributed by atoms with E-state index in [1.54, 1.807) is 6.29 Å². The molecule has 0 aliphatic heterocycles. The molecule has 2 rings (SSSR count). The first kappa shape index (κ1) is 6.09. The molecule has 0 spiro atoms. The van der Waals surface area contributed by atoms with Gasteiger partial charge in [0.05, 0.1) is 5.52 Å². The highest BCUT2D eigenvalue weighted by Crippen LogP contribution is 2.12. The van der Waals surface area contributed by atoms with Gasteiger partial charge in [-0.25, -0.2) is 0 Å². The lowest BCUT2D eigenvalue weighted by molar-refractivity contribution is 0.561. The zero-order valence-electron chi connectivity index (χ0n) is 5.66. The number of H-pyrrole nitrogens is 1. The molecular formula is C8H5N2O. The maximum absolute atomic E-state index is 10.3. The van der Waals surface area contributed by atoms with Crippen LogP contribution in [0.3, 0.4) is 0 Å². The summed E-state index contributed by atoms with van der Waals surface area (Å²) in [6, 6.07) is 7.44. The second kappa shape index (κ2) is 2.20. The first-order valence-corrected chi connectivity index (χ1v) is 3.23. The zero-order chi connectivity index (χ0) is 7.68. The summed E-state index contributed by atoms with van der Waals surface area (Å²) >= 11 is 0. The van der Waals surface area contributed by atoms with Crippen LogP contribution in [0.4, 0.5) is 0 Å². The molecular weight excluding hydrogens is 140 g/mol. The number of fused-ring (bicyclic) bond motifs is 1. The van der Waals surface area contributed by atoms with E-state index in [1.807, 2.05) is 24.3 Å². The summed E-state index contributed by atoms with van der Waals surface area (Å²) in [7, 11) is 0. The van der Waals surface area contributed by atoms with Gasteiger partial charge in [-0.3, -0.25) is 9.89 Å². The van der Waals surface area contributed by atoms with Crippen LogP contribution in [-0.4, -0.2) is 16.5 Å². The van der Waals surface area contributed by atoms with Crippen LogP contribution >= 0.6 is 0 Å². The molecule has 0 saturated carbocycles. The van der Waals surface area contributed by atoms with Gasteiger partial charge < -0.3 is 0 Å². The Labute approximate surface area is 63.0 Å². The fraction of sp³-hybridized carbons (Fsp3) is 0. The Morgan fingerprint density at radius 1 is 1.36 bits per heavy atom. The van der Waals surface area contributed by atoms with Crippen molar-refractivity contribution in [3.05, 3.63) is 30.0 Å². The third kappa shape index (κ3) is 0.816. The van der Waals surface area contributed by atoms with E-state index >= 15 is 0 Å². The lowest BCUT2D eigenvalue weighted by atomic mass is 10.2. The van der Waals surface area contributed by atoms with Crippen LogP contribution in [0.2, 0.25) is 0 Å². The normalized spacial score (nSPS) is 10.2. The smallest absolute Gasteiger partial charge is 0.256 e. The van der Waals surface area contributed by atoms with Gasteiger partial charge in [0.2, 0.25) is 0 Å². The fourth-order valence-electron chi connectivity index (χ4n) is 1.04. The van der Waals surface area contributed by atoms with E-state index in [0.717, 1.165) is 10.9 Å². The van der Waals surface area contributed by atoms with Crippen molar-refractivity contribution in [2.45, 2.75) is 0 Å². The topological polar surface area (TPSA) is 45.8 Å². The van der Waals surface area contributed by atoms with E-state index in [4.69, 9.17) is 0 Å². The minimum absolute atomic E-state index is 0.348. The molecule has 0 amide bonds. The maximum atomic E-state index is 10.3. The Morgan fingerprint density at radius 2 is 2.18 bits per heavy atom. The Hall–Kier alpha value is -1.64. The van der Waals surface area contributed by atoms with E-state index in [9.17, 15) is 4.79 Å². The second-order valence-electron chi connectivity index (χ2n) is 2.22. The molecule has 0 saturated heterocycles. The van der Waals surface area contributed by atoms with Gasteiger partial charge >= 0.3 is 0 Å². The number of rotatable bonds is 1. The number of para-hydroxylation sites is 1. The van der Waals surface area contributed by atoms with Gasteiger partial charge in [-0.05, 0) is 6.07 Å². The molecule has 0 atom stereocenters. The third-order valence-electron chi connectivity index (χ3n) is 1.57. The molecule has 0 unspecified atom stereocenters. The van der Waals surface area contributed by atoms with Gasteiger partial charge in [0.25, 0.3) is 6.29 Å². The van der Waals surface area contributed by atoms with Crippen LogP contribution in [0.15, 0.2) is 24.3 Å². The molecule has 0 aliphatic rings. The van der Waals surface area contributed by atoms with E-state index in [2.05, 4.69) is 10.2 Å². The number of carbonyl (C=O) groups excluding carboxylic acids is 1. The van der Waals surface area contributed by atoms with Gasteiger partial charge in [-0.2, -0.15) is 5.10 Å². The Morgan fingerprint density at radius 3 is 3.00 bits per heavy atom. The highest BCUT2D eigenvalue weighted by molar-refractivity contribution is 5.94. The number of aromatic amines is 1. The summed E-state index contributed by atoms with van der Waals surface area (Å²) in [5.74, 6) is 0. The van der Waals surface area contributed by atoms with Gasteiger partial charge in [0.1, 0.15) is 5.69 Å². The van der Waals surface area contributed by atoms with E-state index in [0.29, 0.717) is 5.69 Å². The molecule has 1 radical (unpaired) electrons. The minimum atomic E-state index is 0.348. The maximum Gasteiger partial charge on any atom is 0.256 e. The monoisotopic (exact) mass is 145 g/mol. The lowest BCUT2D eigenvalue weighted by Gasteiger charge is -1.83. The average molecular weight is 145 g/mol. The molecule has 0 bridgehead atoms. The molecule has 1 aromatic carbocycles. The molecule has 0 fully saturated rings. The number of hydrogen-bond donors (Lipinski definition) is 1. The summed E-state index contributed by atoms with van der Waals surface area (Å²) in [5, 5.41) is 7.31. The van der Waals surface area contributed by atoms with Crippen molar-refractivity contribution in [1.82, 2.24) is 10.2 Å². The summed E-state index contributed by atoms with van der Waals surface area (Å²) < 4.78 is 0. The van der Waals surface area contributed by atoms with Crippen LogP contribution in [0.5, 0.6) is 0 Å². The first-order valence-electron chi connectivity index (χ1n) is 3.23.